The van der Waals surface area contributed by atoms with E-state index in [0.29, 0.717) is 25.9 Å². The maximum atomic E-state index is 13.1. The molecule has 1 aromatic rings. The number of piperidine rings is 2. The highest BCUT2D eigenvalue weighted by atomic mass is 35.5. The van der Waals surface area contributed by atoms with E-state index in [2.05, 4.69) is 0 Å². The lowest BCUT2D eigenvalue weighted by molar-refractivity contribution is -0.137. The smallest absolute Gasteiger partial charge is 0.255 e. The van der Waals surface area contributed by atoms with Crippen molar-refractivity contribution in [2.24, 2.45) is 5.92 Å². The number of carbonyl (C=O) groups excluding carboxylic acids is 2. The lowest BCUT2D eigenvalue weighted by Gasteiger charge is -2.35. The van der Waals surface area contributed by atoms with Gasteiger partial charge in [0.05, 0.1) is 15.6 Å². The van der Waals surface area contributed by atoms with Crippen molar-refractivity contribution in [2.45, 2.75) is 37.0 Å². The quantitative estimate of drug-likeness (QED) is 0.669. The van der Waals surface area contributed by atoms with Gasteiger partial charge in [-0.2, -0.15) is 0 Å². The number of halogens is 2. The molecule has 0 aliphatic carbocycles. The van der Waals surface area contributed by atoms with E-state index in [1.807, 2.05) is 4.90 Å². The van der Waals surface area contributed by atoms with Gasteiger partial charge in [-0.3, -0.25) is 9.59 Å². The summed E-state index contributed by atoms with van der Waals surface area (Å²) >= 11 is 12.3. The summed E-state index contributed by atoms with van der Waals surface area (Å²) in [5.41, 5.74) is 0.0994. The molecule has 0 radical (unpaired) electrons. The fourth-order valence-electron chi connectivity index (χ4n) is 3.96. The van der Waals surface area contributed by atoms with Crippen molar-refractivity contribution in [1.29, 1.82) is 0 Å². The molecule has 0 bridgehead atoms. The van der Waals surface area contributed by atoms with Crippen LogP contribution in [0.25, 0.3) is 0 Å². The Labute approximate surface area is 187 Å². The van der Waals surface area contributed by atoms with Gasteiger partial charge in [0.2, 0.25) is 15.9 Å². The van der Waals surface area contributed by atoms with Crippen LogP contribution in [0.4, 0.5) is 0 Å². The zero-order valence-electron chi connectivity index (χ0n) is 17.2. The van der Waals surface area contributed by atoms with Crippen molar-refractivity contribution in [3.8, 4) is 0 Å². The van der Waals surface area contributed by atoms with Crippen molar-refractivity contribution in [3.05, 3.63) is 27.7 Å². The standard InChI is InChI=1S/C20H27Cl2N3O4S/c1-23(2)30(28,29)18-12-15(16(21)13-17(18)22)20(27)25-10-6-14(7-11-25)19(26)24-8-4-3-5-9-24/h12-14H,3-11H2,1-2H3. The highest BCUT2D eigenvalue weighted by Gasteiger charge is 2.32. The third kappa shape index (κ3) is 4.77. The molecule has 1 aromatic carbocycles. The zero-order valence-corrected chi connectivity index (χ0v) is 19.6. The second kappa shape index (κ2) is 9.42. The zero-order chi connectivity index (χ0) is 22.1. The highest BCUT2D eigenvalue weighted by Crippen LogP contribution is 2.32. The van der Waals surface area contributed by atoms with Crippen molar-refractivity contribution in [2.75, 3.05) is 40.3 Å². The average molecular weight is 476 g/mol. The third-order valence-corrected chi connectivity index (χ3v) is 8.40. The lowest BCUT2D eigenvalue weighted by atomic mass is 9.94. The van der Waals surface area contributed by atoms with E-state index in [1.165, 1.54) is 32.6 Å². The summed E-state index contributed by atoms with van der Waals surface area (Å²) in [5.74, 6) is -0.237. The van der Waals surface area contributed by atoms with E-state index in [9.17, 15) is 18.0 Å². The summed E-state index contributed by atoms with van der Waals surface area (Å²) in [4.78, 5) is 29.2. The highest BCUT2D eigenvalue weighted by molar-refractivity contribution is 7.89. The van der Waals surface area contributed by atoms with E-state index >= 15 is 0 Å². The number of benzene rings is 1. The minimum atomic E-state index is -3.82. The van der Waals surface area contributed by atoms with Crippen LogP contribution in [0, 0.1) is 5.92 Å². The average Bonchev–Trinajstić information content (AvgIpc) is 2.73. The Morgan fingerprint density at radius 2 is 1.53 bits per heavy atom. The van der Waals surface area contributed by atoms with Crippen LogP contribution in [-0.2, 0) is 14.8 Å². The molecule has 2 saturated heterocycles. The number of hydrogen-bond donors (Lipinski definition) is 0. The molecule has 2 aliphatic heterocycles. The predicted octanol–water partition coefficient (Wildman–Crippen LogP) is 3.11. The first-order valence-corrected chi connectivity index (χ1v) is 12.3. The van der Waals surface area contributed by atoms with Crippen LogP contribution >= 0.6 is 23.2 Å². The largest absolute Gasteiger partial charge is 0.342 e. The van der Waals surface area contributed by atoms with Crippen LogP contribution in [0.2, 0.25) is 10.0 Å². The van der Waals surface area contributed by atoms with Crippen molar-refractivity contribution < 1.29 is 18.0 Å². The summed E-state index contributed by atoms with van der Waals surface area (Å²) in [6.45, 7) is 2.50. The van der Waals surface area contributed by atoms with Crippen LogP contribution in [0.5, 0.6) is 0 Å². The monoisotopic (exact) mass is 475 g/mol. The fourth-order valence-corrected chi connectivity index (χ4v) is 5.68. The maximum absolute atomic E-state index is 13.1. The molecular weight excluding hydrogens is 449 g/mol. The van der Waals surface area contributed by atoms with Gasteiger partial charge in [0, 0.05) is 46.2 Å². The second-order valence-electron chi connectivity index (χ2n) is 8.00. The Bertz CT molecular complexity index is 922. The van der Waals surface area contributed by atoms with Gasteiger partial charge in [-0.25, -0.2) is 12.7 Å². The molecule has 2 aliphatic rings. The van der Waals surface area contributed by atoms with Gasteiger partial charge in [-0.05, 0) is 44.2 Å². The number of rotatable bonds is 4. The maximum Gasteiger partial charge on any atom is 0.255 e. The number of amides is 2. The molecule has 166 valence electrons. The summed E-state index contributed by atoms with van der Waals surface area (Å²) < 4.78 is 26.1. The molecule has 2 fully saturated rings. The van der Waals surface area contributed by atoms with Crippen LogP contribution in [0.15, 0.2) is 17.0 Å². The lowest BCUT2D eigenvalue weighted by Crippen LogP contribution is -2.45. The molecule has 2 amide bonds. The molecule has 0 saturated carbocycles. The summed E-state index contributed by atoms with van der Waals surface area (Å²) in [6.07, 6.45) is 4.46. The molecule has 0 atom stereocenters. The normalized spacial score (nSPS) is 18.7. The minimum Gasteiger partial charge on any atom is -0.342 e. The minimum absolute atomic E-state index is 0.0314. The van der Waals surface area contributed by atoms with Gasteiger partial charge in [-0.15, -0.1) is 0 Å². The van der Waals surface area contributed by atoms with Gasteiger partial charge in [0.25, 0.3) is 5.91 Å². The Hall–Kier alpha value is -1.35. The van der Waals surface area contributed by atoms with E-state index in [4.69, 9.17) is 23.2 Å². The first-order chi connectivity index (χ1) is 14.1. The van der Waals surface area contributed by atoms with Crippen molar-refractivity contribution in [1.82, 2.24) is 14.1 Å². The van der Waals surface area contributed by atoms with Gasteiger partial charge >= 0.3 is 0 Å². The van der Waals surface area contributed by atoms with E-state index in [-0.39, 0.29) is 38.2 Å². The predicted molar refractivity (Wildman–Crippen MR) is 116 cm³/mol. The Morgan fingerprint density at radius 1 is 0.933 bits per heavy atom. The summed E-state index contributed by atoms with van der Waals surface area (Å²) in [7, 11) is -1.03. The molecule has 7 nitrogen and oxygen atoms in total. The molecular formula is C20H27Cl2N3O4S. The molecule has 3 rings (SSSR count). The number of carbonyl (C=O) groups is 2. The number of likely N-dealkylation sites (tertiary alicyclic amines) is 2. The van der Waals surface area contributed by atoms with Gasteiger partial charge < -0.3 is 9.80 Å². The summed E-state index contributed by atoms with van der Waals surface area (Å²) in [6, 6.07) is 2.53. The topological polar surface area (TPSA) is 78.0 Å². The number of nitrogens with zero attached hydrogens (tertiary/aromatic N) is 3. The van der Waals surface area contributed by atoms with Crippen LogP contribution in [0.1, 0.15) is 42.5 Å². The molecule has 10 heteroatoms. The molecule has 0 unspecified atom stereocenters. The molecule has 2 heterocycles. The molecule has 30 heavy (non-hydrogen) atoms. The van der Waals surface area contributed by atoms with Gasteiger partial charge in [0.1, 0.15) is 4.90 Å². The molecule has 0 spiro atoms. The molecule has 0 N–H and O–H groups in total. The van der Waals surface area contributed by atoms with Crippen LogP contribution in [-0.4, -0.2) is 74.6 Å². The Kier molecular flexibility index (Phi) is 7.32. The fraction of sp³-hybridized carbons (Fsp3) is 0.600. The SMILES string of the molecule is CN(C)S(=O)(=O)c1cc(C(=O)N2CCC(C(=O)N3CCCCC3)CC2)c(Cl)cc1Cl. The van der Waals surface area contributed by atoms with Gasteiger partial charge in [-0.1, -0.05) is 23.2 Å². The van der Waals surface area contributed by atoms with E-state index < -0.39 is 10.0 Å². The van der Waals surface area contributed by atoms with E-state index in [1.54, 1.807) is 4.90 Å². The van der Waals surface area contributed by atoms with Crippen molar-refractivity contribution in [3.63, 3.8) is 0 Å². The number of sulfonamides is 1. The first-order valence-electron chi connectivity index (χ1n) is 10.1. The Morgan fingerprint density at radius 3 is 2.10 bits per heavy atom. The Balaban J connectivity index is 1.73. The first kappa shape index (κ1) is 23.3. The summed E-state index contributed by atoms with van der Waals surface area (Å²) in [5, 5.41) is 0.0744. The van der Waals surface area contributed by atoms with Crippen LogP contribution in [0.3, 0.4) is 0 Å². The second-order valence-corrected chi connectivity index (χ2v) is 10.9. The van der Waals surface area contributed by atoms with Crippen molar-refractivity contribution >= 4 is 45.0 Å². The number of hydrogen-bond acceptors (Lipinski definition) is 4. The molecule has 0 aromatic heterocycles. The van der Waals surface area contributed by atoms with Crippen LogP contribution < -0.4 is 0 Å². The van der Waals surface area contributed by atoms with Gasteiger partial charge in [0.15, 0.2) is 0 Å². The third-order valence-electron chi connectivity index (χ3n) is 5.81. The van der Waals surface area contributed by atoms with E-state index in [0.717, 1.165) is 30.2 Å².